The van der Waals surface area contributed by atoms with Crippen LogP contribution < -0.4 is 11.1 Å². The molecule has 2 aliphatic rings. The zero-order chi connectivity index (χ0) is 16.8. The zero-order valence-electron chi connectivity index (χ0n) is 14.9. The lowest BCUT2D eigenvalue weighted by Gasteiger charge is -2.26. The van der Waals surface area contributed by atoms with E-state index in [1.165, 1.54) is 5.56 Å². The first-order valence-corrected chi connectivity index (χ1v) is 8.76. The Kier molecular flexibility index (Phi) is 10.5. The van der Waals surface area contributed by atoms with Crippen LogP contribution in [0.3, 0.4) is 0 Å². The molecular formula is C18H29Cl2N3O3. The number of halogens is 2. The fourth-order valence-corrected chi connectivity index (χ4v) is 3.23. The number of carbonyl (C=O) groups is 1. The Morgan fingerprint density at radius 3 is 2.62 bits per heavy atom. The lowest BCUT2D eigenvalue weighted by molar-refractivity contribution is -0.132. The van der Waals surface area contributed by atoms with Crippen molar-refractivity contribution in [2.24, 2.45) is 5.73 Å². The van der Waals surface area contributed by atoms with Gasteiger partial charge in [0.05, 0.1) is 19.3 Å². The Balaban J connectivity index is 0.00000169. The van der Waals surface area contributed by atoms with Gasteiger partial charge in [0.15, 0.2) is 0 Å². The smallest absolute Gasteiger partial charge is 0.249 e. The summed E-state index contributed by atoms with van der Waals surface area (Å²) >= 11 is 0. The summed E-state index contributed by atoms with van der Waals surface area (Å²) in [5.41, 5.74) is 7.97. The first-order valence-electron chi connectivity index (χ1n) is 8.76. The molecular weight excluding hydrogens is 377 g/mol. The molecule has 2 atom stereocenters. The first kappa shape index (κ1) is 23.1. The number of morpholine rings is 1. The van der Waals surface area contributed by atoms with Gasteiger partial charge in [-0.15, -0.1) is 24.8 Å². The van der Waals surface area contributed by atoms with Gasteiger partial charge in [-0.05, 0) is 24.0 Å². The molecule has 6 nitrogen and oxygen atoms in total. The molecule has 2 saturated heterocycles. The largest absolute Gasteiger partial charge is 0.379 e. The van der Waals surface area contributed by atoms with Gasteiger partial charge < -0.3 is 20.5 Å². The molecule has 2 heterocycles. The van der Waals surface area contributed by atoms with Crippen LogP contribution in [0, 0.1) is 0 Å². The van der Waals surface area contributed by atoms with Crippen LogP contribution in [-0.2, 0) is 27.4 Å². The van der Waals surface area contributed by atoms with E-state index in [4.69, 9.17) is 15.2 Å². The molecule has 0 bridgehead atoms. The van der Waals surface area contributed by atoms with Gasteiger partial charge in [0.2, 0.25) is 5.91 Å². The minimum Gasteiger partial charge on any atom is -0.379 e. The maximum Gasteiger partial charge on any atom is 0.249 e. The van der Waals surface area contributed by atoms with Gasteiger partial charge in [-0.1, -0.05) is 24.3 Å². The Morgan fingerprint density at radius 2 is 1.92 bits per heavy atom. The number of carbonyl (C=O) groups excluding carboxylic acids is 1. The van der Waals surface area contributed by atoms with Crippen molar-refractivity contribution in [2.45, 2.75) is 38.1 Å². The van der Waals surface area contributed by atoms with Crippen LogP contribution in [0.1, 0.15) is 24.0 Å². The first-order chi connectivity index (χ1) is 11.7. The molecule has 3 N–H and O–H groups in total. The van der Waals surface area contributed by atoms with Gasteiger partial charge in [-0.3, -0.25) is 9.69 Å². The fourth-order valence-electron chi connectivity index (χ4n) is 3.23. The van der Waals surface area contributed by atoms with E-state index in [9.17, 15) is 4.79 Å². The number of ether oxygens (including phenoxy) is 2. The van der Waals surface area contributed by atoms with E-state index in [2.05, 4.69) is 22.3 Å². The van der Waals surface area contributed by atoms with Crippen molar-refractivity contribution in [1.29, 1.82) is 0 Å². The van der Waals surface area contributed by atoms with Crippen molar-refractivity contribution in [3.8, 4) is 0 Å². The second-order valence-electron chi connectivity index (χ2n) is 6.49. The monoisotopic (exact) mass is 405 g/mol. The fraction of sp³-hybridized carbons (Fsp3) is 0.611. The normalized spacial score (nSPS) is 23.0. The quantitative estimate of drug-likeness (QED) is 0.749. The van der Waals surface area contributed by atoms with Crippen LogP contribution in [0.15, 0.2) is 24.3 Å². The molecule has 2 fully saturated rings. The highest BCUT2D eigenvalue weighted by molar-refractivity contribution is 5.85. The maximum absolute atomic E-state index is 12.2. The highest BCUT2D eigenvalue weighted by Gasteiger charge is 2.29. The number of rotatable bonds is 6. The molecule has 3 rings (SSSR count). The number of hydrogen-bond acceptors (Lipinski definition) is 5. The molecule has 0 spiro atoms. The van der Waals surface area contributed by atoms with Crippen molar-refractivity contribution in [1.82, 2.24) is 10.2 Å². The predicted octanol–water partition coefficient (Wildman–Crippen LogP) is 1.48. The Hall–Kier alpha value is -0.890. The summed E-state index contributed by atoms with van der Waals surface area (Å²) in [6.07, 6.45) is 1.29. The third kappa shape index (κ3) is 6.68. The van der Waals surface area contributed by atoms with E-state index in [1.807, 2.05) is 12.1 Å². The SMILES string of the molecule is Cl.Cl.NC[C@H]1CC[C@@H](C(=O)NCc2cccc(CN3CCOCC3)c2)O1. The highest BCUT2D eigenvalue weighted by Crippen LogP contribution is 2.19. The third-order valence-corrected chi connectivity index (χ3v) is 4.63. The second-order valence-corrected chi connectivity index (χ2v) is 6.49. The topological polar surface area (TPSA) is 76.8 Å². The van der Waals surface area contributed by atoms with Gasteiger partial charge >= 0.3 is 0 Å². The molecule has 1 amide bonds. The van der Waals surface area contributed by atoms with E-state index in [0.717, 1.165) is 51.3 Å². The standard InChI is InChI=1S/C18H27N3O3.2ClH/c19-11-16-4-5-17(24-16)18(22)20-12-14-2-1-3-15(10-14)13-21-6-8-23-9-7-21;;/h1-3,10,16-17H,4-9,11-13,19H2,(H,20,22);2*1H/t16-,17+;;/m1../s1. The molecule has 1 aromatic carbocycles. The maximum atomic E-state index is 12.2. The summed E-state index contributed by atoms with van der Waals surface area (Å²) in [7, 11) is 0. The number of nitrogens with zero attached hydrogens (tertiary/aromatic N) is 1. The molecule has 0 unspecified atom stereocenters. The number of benzene rings is 1. The summed E-state index contributed by atoms with van der Waals surface area (Å²) in [6.45, 7) is 5.50. The van der Waals surface area contributed by atoms with Crippen LogP contribution in [0.4, 0.5) is 0 Å². The van der Waals surface area contributed by atoms with Gasteiger partial charge in [-0.25, -0.2) is 0 Å². The molecule has 8 heteroatoms. The number of nitrogens with one attached hydrogen (secondary N) is 1. The lowest BCUT2D eigenvalue weighted by atomic mass is 10.1. The van der Waals surface area contributed by atoms with Crippen molar-refractivity contribution in [3.63, 3.8) is 0 Å². The van der Waals surface area contributed by atoms with Crippen molar-refractivity contribution >= 4 is 30.7 Å². The minimum absolute atomic E-state index is 0. The van der Waals surface area contributed by atoms with Crippen LogP contribution in [-0.4, -0.2) is 55.9 Å². The van der Waals surface area contributed by atoms with E-state index >= 15 is 0 Å². The Labute approximate surface area is 167 Å². The van der Waals surface area contributed by atoms with E-state index in [-0.39, 0.29) is 42.9 Å². The van der Waals surface area contributed by atoms with E-state index in [1.54, 1.807) is 0 Å². The molecule has 148 valence electrons. The van der Waals surface area contributed by atoms with Crippen molar-refractivity contribution < 1.29 is 14.3 Å². The molecule has 0 aliphatic carbocycles. The molecule has 0 saturated carbocycles. The summed E-state index contributed by atoms with van der Waals surface area (Å²) in [6, 6.07) is 8.38. The summed E-state index contributed by atoms with van der Waals surface area (Å²) < 4.78 is 11.0. The van der Waals surface area contributed by atoms with Gasteiger partial charge in [0.1, 0.15) is 6.10 Å². The molecule has 2 aliphatic heterocycles. The molecule has 1 aromatic rings. The second kappa shape index (κ2) is 11.7. The Morgan fingerprint density at radius 1 is 1.19 bits per heavy atom. The molecule has 26 heavy (non-hydrogen) atoms. The van der Waals surface area contributed by atoms with Crippen molar-refractivity contribution in [2.75, 3.05) is 32.8 Å². The number of nitrogens with two attached hydrogens (primary N) is 1. The molecule has 0 aromatic heterocycles. The van der Waals surface area contributed by atoms with E-state index < -0.39 is 0 Å². The minimum atomic E-state index is -0.352. The molecule has 0 radical (unpaired) electrons. The van der Waals surface area contributed by atoms with Gasteiger partial charge in [0, 0.05) is 32.7 Å². The number of hydrogen-bond donors (Lipinski definition) is 2. The van der Waals surface area contributed by atoms with Crippen LogP contribution >= 0.6 is 24.8 Å². The van der Waals surface area contributed by atoms with Gasteiger partial charge in [-0.2, -0.15) is 0 Å². The van der Waals surface area contributed by atoms with Crippen molar-refractivity contribution in [3.05, 3.63) is 35.4 Å². The van der Waals surface area contributed by atoms with Gasteiger partial charge in [0.25, 0.3) is 0 Å². The number of amides is 1. The lowest BCUT2D eigenvalue weighted by Crippen LogP contribution is -2.36. The summed E-state index contributed by atoms with van der Waals surface area (Å²) in [4.78, 5) is 14.6. The van der Waals surface area contributed by atoms with Crippen LogP contribution in [0.2, 0.25) is 0 Å². The average Bonchev–Trinajstić information content (AvgIpc) is 3.10. The Bertz CT molecular complexity index is 556. The summed E-state index contributed by atoms with van der Waals surface area (Å²) in [5.74, 6) is -0.0375. The zero-order valence-corrected chi connectivity index (χ0v) is 16.5. The highest BCUT2D eigenvalue weighted by atomic mass is 35.5. The third-order valence-electron chi connectivity index (χ3n) is 4.63. The average molecular weight is 406 g/mol. The predicted molar refractivity (Wildman–Crippen MR) is 106 cm³/mol. The van der Waals surface area contributed by atoms with Crippen LogP contribution in [0.5, 0.6) is 0 Å². The van der Waals surface area contributed by atoms with E-state index in [0.29, 0.717) is 13.1 Å². The van der Waals surface area contributed by atoms with Crippen LogP contribution in [0.25, 0.3) is 0 Å². The summed E-state index contributed by atoms with van der Waals surface area (Å²) in [5, 5.41) is 2.98.